The summed E-state index contributed by atoms with van der Waals surface area (Å²) >= 11 is 5.94. The molecule has 1 fully saturated rings. The number of hydrogen-bond donors (Lipinski definition) is 0. The van der Waals surface area contributed by atoms with Crippen LogP contribution in [0.3, 0.4) is 0 Å². The van der Waals surface area contributed by atoms with Gasteiger partial charge in [-0.05, 0) is 6.07 Å². The third-order valence-electron chi connectivity index (χ3n) is 3.40. The number of aromatic nitrogens is 1. The second-order valence-corrected chi connectivity index (χ2v) is 7.50. The van der Waals surface area contributed by atoms with Crippen LogP contribution in [0.1, 0.15) is 13.8 Å². The summed E-state index contributed by atoms with van der Waals surface area (Å²) in [7, 11) is -3.66. The third-order valence-corrected chi connectivity index (χ3v) is 5.76. The minimum atomic E-state index is -3.66. The molecule has 0 saturated carbocycles. The van der Waals surface area contributed by atoms with Crippen molar-refractivity contribution in [3.63, 3.8) is 0 Å². The number of pyridine rings is 1. The molecule has 21 heavy (non-hydrogen) atoms. The first-order valence-corrected chi connectivity index (χ1v) is 8.54. The lowest BCUT2D eigenvalue weighted by atomic mass is 10.2. The Morgan fingerprint density at radius 1 is 1.29 bits per heavy atom. The Morgan fingerprint density at radius 3 is 2.43 bits per heavy atom. The van der Waals surface area contributed by atoms with E-state index in [1.807, 2.05) is 13.8 Å². The molecule has 1 saturated heterocycles. The second-order valence-electron chi connectivity index (χ2n) is 5.19. The Balaban J connectivity index is 2.12. The van der Waals surface area contributed by atoms with Gasteiger partial charge in [0.25, 0.3) is 0 Å². The smallest absolute Gasteiger partial charge is 0.246 e. The van der Waals surface area contributed by atoms with Gasteiger partial charge in [-0.1, -0.05) is 25.4 Å². The van der Waals surface area contributed by atoms with E-state index in [-0.39, 0.29) is 34.8 Å². The van der Waals surface area contributed by atoms with Crippen LogP contribution >= 0.6 is 11.6 Å². The summed E-state index contributed by atoms with van der Waals surface area (Å²) in [6.45, 7) is 5.00. The van der Waals surface area contributed by atoms with Crippen LogP contribution < -0.4 is 0 Å². The van der Waals surface area contributed by atoms with Crippen LogP contribution in [0.25, 0.3) is 0 Å². The van der Waals surface area contributed by atoms with Gasteiger partial charge in [-0.3, -0.25) is 9.78 Å². The minimum Gasteiger partial charge on any atom is -0.340 e. The van der Waals surface area contributed by atoms with Crippen molar-refractivity contribution < 1.29 is 13.2 Å². The first-order valence-electron chi connectivity index (χ1n) is 6.72. The van der Waals surface area contributed by atoms with Crippen LogP contribution in [0.4, 0.5) is 0 Å². The Labute approximate surface area is 129 Å². The van der Waals surface area contributed by atoms with Crippen molar-refractivity contribution in [3.8, 4) is 0 Å². The molecular formula is C13H18ClN3O3S. The van der Waals surface area contributed by atoms with Gasteiger partial charge in [0.1, 0.15) is 4.90 Å². The SMILES string of the molecule is CC(C)C(=O)N1CCN(S(=O)(=O)c2cnccc2Cl)CC1. The van der Waals surface area contributed by atoms with Gasteiger partial charge in [0, 0.05) is 44.5 Å². The number of piperazine rings is 1. The topological polar surface area (TPSA) is 70.6 Å². The molecule has 0 unspecified atom stereocenters. The van der Waals surface area contributed by atoms with Crippen LogP contribution in [0.15, 0.2) is 23.4 Å². The van der Waals surface area contributed by atoms with Gasteiger partial charge in [0.05, 0.1) is 5.02 Å². The van der Waals surface area contributed by atoms with E-state index in [4.69, 9.17) is 11.6 Å². The fourth-order valence-electron chi connectivity index (χ4n) is 2.21. The van der Waals surface area contributed by atoms with E-state index >= 15 is 0 Å². The van der Waals surface area contributed by atoms with Gasteiger partial charge >= 0.3 is 0 Å². The van der Waals surface area contributed by atoms with Gasteiger partial charge in [0.2, 0.25) is 15.9 Å². The summed E-state index contributed by atoms with van der Waals surface area (Å²) in [5, 5.41) is 0.158. The first-order chi connectivity index (χ1) is 9.84. The Kier molecular flexibility index (Phi) is 4.85. The highest BCUT2D eigenvalue weighted by Crippen LogP contribution is 2.24. The zero-order valence-corrected chi connectivity index (χ0v) is 13.6. The first kappa shape index (κ1) is 16.2. The number of rotatable bonds is 3. The molecule has 0 bridgehead atoms. The molecule has 8 heteroatoms. The number of halogens is 1. The summed E-state index contributed by atoms with van der Waals surface area (Å²) in [5.41, 5.74) is 0. The highest BCUT2D eigenvalue weighted by molar-refractivity contribution is 7.89. The van der Waals surface area contributed by atoms with Gasteiger partial charge in [-0.25, -0.2) is 8.42 Å². The molecule has 0 N–H and O–H groups in total. The highest BCUT2D eigenvalue weighted by atomic mass is 35.5. The van der Waals surface area contributed by atoms with Crippen LogP contribution in [0, 0.1) is 5.92 Å². The van der Waals surface area contributed by atoms with Gasteiger partial charge < -0.3 is 4.90 Å². The van der Waals surface area contributed by atoms with E-state index in [2.05, 4.69) is 4.98 Å². The zero-order valence-electron chi connectivity index (χ0n) is 12.0. The Bertz CT molecular complexity index is 625. The Morgan fingerprint density at radius 2 is 1.90 bits per heavy atom. The van der Waals surface area contributed by atoms with E-state index in [0.29, 0.717) is 13.1 Å². The van der Waals surface area contributed by atoms with Crippen molar-refractivity contribution >= 4 is 27.5 Å². The molecule has 1 amide bonds. The monoisotopic (exact) mass is 331 g/mol. The van der Waals surface area contributed by atoms with Crippen LogP contribution in [-0.4, -0.2) is 54.7 Å². The number of amides is 1. The molecule has 2 rings (SSSR count). The third kappa shape index (κ3) is 3.36. The molecule has 1 aliphatic heterocycles. The lowest BCUT2D eigenvalue weighted by molar-refractivity contribution is -0.135. The van der Waals surface area contributed by atoms with Crippen molar-refractivity contribution in [2.75, 3.05) is 26.2 Å². The van der Waals surface area contributed by atoms with Crippen LogP contribution in [0.2, 0.25) is 5.02 Å². The zero-order chi connectivity index (χ0) is 15.6. The lowest BCUT2D eigenvalue weighted by Crippen LogP contribution is -2.51. The molecule has 1 aromatic heterocycles. The van der Waals surface area contributed by atoms with E-state index in [1.165, 1.54) is 22.8 Å². The molecule has 0 aliphatic carbocycles. The largest absolute Gasteiger partial charge is 0.340 e. The van der Waals surface area contributed by atoms with Crippen molar-refractivity contribution in [2.24, 2.45) is 5.92 Å². The summed E-state index contributed by atoms with van der Waals surface area (Å²) in [6, 6.07) is 1.45. The van der Waals surface area contributed by atoms with Crippen LogP contribution in [0.5, 0.6) is 0 Å². The van der Waals surface area contributed by atoms with E-state index in [1.54, 1.807) is 4.90 Å². The fourth-order valence-corrected chi connectivity index (χ4v) is 4.03. The minimum absolute atomic E-state index is 0.00954. The molecule has 0 radical (unpaired) electrons. The number of hydrogen-bond acceptors (Lipinski definition) is 4. The average molecular weight is 332 g/mol. The predicted octanol–water partition coefficient (Wildman–Crippen LogP) is 1.22. The average Bonchev–Trinajstić information content (AvgIpc) is 2.46. The number of carbonyl (C=O) groups is 1. The fraction of sp³-hybridized carbons (Fsp3) is 0.538. The molecule has 0 atom stereocenters. The predicted molar refractivity (Wildman–Crippen MR) is 79.4 cm³/mol. The second kappa shape index (κ2) is 6.29. The van der Waals surface area contributed by atoms with E-state index < -0.39 is 10.0 Å². The molecule has 0 spiro atoms. The van der Waals surface area contributed by atoms with Gasteiger partial charge in [-0.15, -0.1) is 0 Å². The van der Waals surface area contributed by atoms with Gasteiger partial charge in [-0.2, -0.15) is 4.31 Å². The van der Waals surface area contributed by atoms with Crippen molar-refractivity contribution in [1.82, 2.24) is 14.2 Å². The van der Waals surface area contributed by atoms with Crippen molar-refractivity contribution in [2.45, 2.75) is 18.7 Å². The molecule has 116 valence electrons. The normalized spacial score (nSPS) is 17.2. The maximum Gasteiger partial charge on any atom is 0.246 e. The lowest BCUT2D eigenvalue weighted by Gasteiger charge is -2.34. The molecule has 6 nitrogen and oxygen atoms in total. The maximum atomic E-state index is 12.5. The standard InChI is InChI=1S/C13H18ClN3O3S/c1-10(2)13(18)16-5-7-17(8-6-16)21(19,20)12-9-15-4-3-11(12)14/h3-4,9-10H,5-8H2,1-2H3. The number of carbonyl (C=O) groups excluding carboxylic acids is 1. The molecule has 1 aromatic rings. The number of nitrogens with zero attached hydrogens (tertiary/aromatic N) is 3. The van der Waals surface area contributed by atoms with Crippen molar-refractivity contribution in [1.29, 1.82) is 0 Å². The maximum absolute atomic E-state index is 12.5. The summed E-state index contributed by atoms with van der Waals surface area (Å²) in [4.78, 5) is 17.4. The molecular weight excluding hydrogens is 314 g/mol. The number of sulfonamides is 1. The van der Waals surface area contributed by atoms with Crippen molar-refractivity contribution in [3.05, 3.63) is 23.5 Å². The molecule has 2 heterocycles. The summed E-state index contributed by atoms with van der Waals surface area (Å²) in [5.74, 6) is -0.0348. The Hall–Kier alpha value is -1.18. The van der Waals surface area contributed by atoms with E-state index in [0.717, 1.165) is 0 Å². The molecule has 0 aromatic carbocycles. The highest BCUT2D eigenvalue weighted by Gasteiger charge is 2.31. The summed E-state index contributed by atoms with van der Waals surface area (Å²) in [6.07, 6.45) is 2.70. The van der Waals surface area contributed by atoms with E-state index in [9.17, 15) is 13.2 Å². The summed E-state index contributed by atoms with van der Waals surface area (Å²) < 4.78 is 26.4. The van der Waals surface area contributed by atoms with Gasteiger partial charge in [0.15, 0.2) is 0 Å². The quantitative estimate of drug-likeness (QED) is 0.835. The van der Waals surface area contributed by atoms with Crippen LogP contribution in [-0.2, 0) is 14.8 Å². The molecule has 1 aliphatic rings.